The number of anilines is 1. The van der Waals surface area contributed by atoms with Crippen LogP contribution in [-0.2, 0) is 0 Å². The van der Waals surface area contributed by atoms with Gasteiger partial charge in [0.15, 0.2) is 11.5 Å². The van der Waals surface area contributed by atoms with Crippen molar-refractivity contribution in [2.24, 2.45) is 0 Å². The van der Waals surface area contributed by atoms with Crippen LogP contribution < -0.4 is 14.8 Å². The number of nitrogens with one attached hydrogen (secondary N) is 1. The third-order valence-electron chi connectivity index (χ3n) is 4.15. The molecule has 1 aliphatic heterocycles. The molecule has 7 heteroatoms. The highest BCUT2D eigenvalue weighted by atomic mass is 19.1. The zero-order valence-electron chi connectivity index (χ0n) is 13.9. The number of carbonyl (C=O) groups excluding carboxylic acids is 2. The maximum absolute atomic E-state index is 13.6. The number of ether oxygens (including phenoxy) is 2. The quantitative estimate of drug-likeness (QED) is 0.765. The summed E-state index contributed by atoms with van der Waals surface area (Å²) in [7, 11) is 0. The fraction of sp³-hybridized carbons (Fsp3) is 0.158. The molecule has 0 atom stereocenters. The molecule has 6 nitrogen and oxygen atoms in total. The molecule has 3 aromatic rings. The summed E-state index contributed by atoms with van der Waals surface area (Å²) in [6.07, 6.45) is 1.42. The average Bonchev–Trinajstić information content (AvgIpc) is 3.00. The van der Waals surface area contributed by atoms with Crippen molar-refractivity contribution in [2.45, 2.75) is 6.92 Å². The van der Waals surface area contributed by atoms with Gasteiger partial charge in [-0.1, -0.05) is 0 Å². The molecule has 2 heterocycles. The van der Waals surface area contributed by atoms with E-state index in [2.05, 4.69) is 5.32 Å². The zero-order chi connectivity index (χ0) is 18.3. The second-order valence-corrected chi connectivity index (χ2v) is 5.91. The molecule has 1 amide bonds. The molecule has 132 valence electrons. The Balaban J connectivity index is 1.70. The van der Waals surface area contributed by atoms with Crippen LogP contribution >= 0.6 is 0 Å². The Kier molecular flexibility index (Phi) is 3.84. The van der Waals surface area contributed by atoms with Crippen molar-refractivity contribution in [1.29, 1.82) is 0 Å². The zero-order valence-corrected chi connectivity index (χ0v) is 13.9. The maximum Gasteiger partial charge on any atom is 0.257 e. The molecule has 0 saturated heterocycles. The van der Waals surface area contributed by atoms with Gasteiger partial charge in [-0.3, -0.25) is 14.2 Å². The lowest BCUT2D eigenvalue weighted by Crippen LogP contribution is -2.16. The first-order chi connectivity index (χ1) is 12.5. The van der Waals surface area contributed by atoms with Gasteiger partial charge in [-0.2, -0.15) is 0 Å². The predicted octanol–water partition coefficient (Wildman–Crippen LogP) is 3.46. The number of amides is 1. The van der Waals surface area contributed by atoms with E-state index in [0.29, 0.717) is 41.3 Å². The number of aromatic nitrogens is 1. The van der Waals surface area contributed by atoms with Crippen LogP contribution in [0.25, 0.3) is 10.9 Å². The van der Waals surface area contributed by atoms with Crippen LogP contribution in [0.1, 0.15) is 22.1 Å². The van der Waals surface area contributed by atoms with Crippen molar-refractivity contribution >= 4 is 28.4 Å². The Labute approximate surface area is 148 Å². The number of benzene rings is 2. The molecule has 0 fully saturated rings. The lowest BCUT2D eigenvalue weighted by Gasteiger charge is -2.18. The predicted molar refractivity (Wildman–Crippen MR) is 93.6 cm³/mol. The number of carbonyl (C=O) groups is 2. The van der Waals surface area contributed by atoms with Crippen LogP contribution in [0.4, 0.5) is 10.1 Å². The second-order valence-electron chi connectivity index (χ2n) is 5.91. The highest BCUT2D eigenvalue weighted by Crippen LogP contribution is 2.33. The molecule has 0 saturated carbocycles. The van der Waals surface area contributed by atoms with Gasteiger partial charge in [-0.15, -0.1) is 0 Å². The second kappa shape index (κ2) is 6.18. The van der Waals surface area contributed by atoms with Gasteiger partial charge in [0, 0.05) is 30.3 Å². The number of fused-ring (bicyclic) bond motifs is 2. The minimum absolute atomic E-state index is 0.213. The molecule has 2 aromatic carbocycles. The first-order valence-corrected chi connectivity index (χ1v) is 8.05. The number of hydrogen-bond acceptors (Lipinski definition) is 4. The van der Waals surface area contributed by atoms with E-state index in [1.54, 1.807) is 18.2 Å². The van der Waals surface area contributed by atoms with Crippen LogP contribution in [0.15, 0.2) is 42.6 Å². The molecule has 4 rings (SSSR count). The lowest BCUT2D eigenvalue weighted by molar-refractivity contribution is 0.0941. The highest BCUT2D eigenvalue weighted by molar-refractivity contribution is 6.14. The van der Waals surface area contributed by atoms with E-state index in [9.17, 15) is 14.0 Å². The molecule has 26 heavy (non-hydrogen) atoms. The fourth-order valence-corrected chi connectivity index (χ4v) is 2.96. The summed E-state index contributed by atoms with van der Waals surface area (Å²) < 4.78 is 25.9. The van der Waals surface area contributed by atoms with Crippen molar-refractivity contribution in [3.63, 3.8) is 0 Å². The van der Waals surface area contributed by atoms with Crippen molar-refractivity contribution in [3.8, 4) is 11.5 Å². The Hall–Kier alpha value is -3.35. The Morgan fingerprint density at radius 2 is 1.85 bits per heavy atom. The summed E-state index contributed by atoms with van der Waals surface area (Å²) in [6.45, 7) is 2.30. The Morgan fingerprint density at radius 3 is 2.62 bits per heavy atom. The molecule has 0 spiro atoms. The lowest BCUT2D eigenvalue weighted by atomic mass is 10.1. The third-order valence-corrected chi connectivity index (χ3v) is 4.15. The van der Waals surface area contributed by atoms with Gasteiger partial charge < -0.3 is 14.8 Å². The van der Waals surface area contributed by atoms with E-state index < -0.39 is 11.7 Å². The first kappa shape index (κ1) is 16.1. The van der Waals surface area contributed by atoms with Crippen molar-refractivity contribution in [3.05, 3.63) is 54.0 Å². The van der Waals surface area contributed by atoms with Crippen LogP contribution in [0.5, 0.6) is 11.5 Å². The van der Waals surface area contributed by atoms with Crippen molar-refractivity contribution in [1.82, 2.24) is 4.57 Å². The average molecular weight is 354 g/mol. The Bertz CT molecular complexity index is 1040. The molecule has 0 aliphatic carbocycles. The molecule has 0 bridgehead atoms. The SMILES string of the molecule is CC(=O)n1cc(C(=O)Nc2ccc3c(c2)OCCO3)c2cc(F)ccc21. The molecule has 1 aliphatic rings. The van der Waals surface area contributed by atoms with E-state index in [-0.39, 0.29) is 11.5 Å². The molecule has 0 unspecified atom stereocenters. The number of halogens is 1. The van der Waals surface area contributed by atoms with Crippen LogP contribution in [0.2, 0.25) is 0 Å². The summed E-state index contributed by atoms with van der Waals surface area (Å²) in [5, 5.41) is 3.12. The van der Waals surface area contributed by atoms with Gasteiger partial charge >= 0.3 is 0 Å². The maximum atomic E-state index is 13.6. The summed E-state index contributed by atoms with van der Waals surface area (Å²) in [4.78, 5) is 24.5. The van der Waals surface area contributed by atoms with Crippen molar-refractivity contribution < 1.29 is 23.5 Å². The largest absolute Gasteiger partial charge is 0.486 e. The number of rotatable bonds is 2. The van der Waals surface area contributed by atoms with E-state index >= 15 is 0 Å². The summed E-state index contributed by atoms with van der Waals surface area (Å²) >= 11 is 0. The van der Waals surface area contributed by atoms with Crippen LogP contribution in [-0.4, -0.2) is 29.6 Å². The third kappa shape index (κ3) is 2.77. The van der Waals surface area contributed by atoms with E-state index in [1.807, 2.05) is 0 Å². The minimum Gasteiger partial charge on any atom is -0.486 e. The molecular formula is C19H15FN2O4. The van der Waals surface area contributed by atoms with Gasteiger partial charge in [-0.05, 0) is 30.3 Å². The summed E-state index contributed by atoms with van der Waals surface area (Å²) in [5.74, 6) is -0.0276. The number of nitrogens with zero attached hydrogens (tertiary/aromatic N) is 1. The van der Waals surface area contributed by atoms with E-state index in [4.69, 9.17) is 9.47 Å². The topological polar surface area (TPSA) is 69.6 Å². The van der Waals surface area contributed by atoms with Gasteiger partial charge in [0.2, 0.25) is 5.91 Å². The standard InChI is InChI=1S/C19H15FN2O4/c1-11(23)22-10-15(14-8-12(20)2-4-16(14)22)19(24)21-13-3-5-17-18(9-13)26-7-6-25-17/h2-5,8-10H,6-7H2,1H3,(H,21,24). The minimum atomic E-state index is -0.479. The summed E-state index contributed by atoms with van der Waals surface area (Å²) in [6, 6.07) is 9.04. The van der Waals surface area contributed by atoms with Gasteiger partial charge in [-0.25, -0.2) is 4.39 Å². The van der Waals surface area contributed by atoms with Crippen molar-refractivity contribution in [2.75, 3.05) is 18.5 Å². The molecular weight excluding hydrogens is 339 g/mol. The monoisotopic (exact) mass is 354 g/mol. The van der Waals surface area contributed by atoms with E-state index in [0.717, 1.165) is 0 Å². The number of hydrogen-bond donors (Lipinski definition) is 1. The van der Waals surface area contributed by atoms with Gasteiger partial charge in [0.1, 0.15) is 19.0 Å². The van der Waals surface area contributed by atoms with Gasteiger partial charge in [0.25, 0.3) is 5.91 Å². The van der Waals surface area contributed by atoms with Crippen LogP contribution in [0, 0.1) is 5.82 Å². The first-order valence-electron chi connectivity index (χ1n) is 8.05. The smallest absolute Gasteiger partial charge is 0.257 e. The molecule has 0 radical (unpaired) electrons. The molecule has 1 aromatic heterocycles. The fourth-order valence-electron chi connectivity index (χ4n) is 2.96. The Morgan fingerprint density at radius 1 is 1.08 bits per heavy atom. The molecule has 1 N–H and O–H groups in total. The van der Waals surface area contributed by atoms with E-state index in [1.165, 1.54) is 35.9 Å². The van der Waals surface area contributed by atoms with Gasteiger partial charge in [0.05, 0.1) is 11.1 Å². The highest BCUT2D eigenvalue weighted by Gasteiger charge is 2.19. The van der Waals surface area contributed by atoms with Crippen LogP contribution in [0.3, 0.4) is 0 Å². The normalized spacial score (nSPS) is 12.8. The summed E-state index contributed by atoms with van der Waals surface area (Å²) in [5.41, 5.74) is 1.20.